The van der Waals surface area contributed by atoms with Gasteiger partial charge >= 0.3 is 0 Å². The summed E-state index contributed by atoms with van der Waals surface area (Å²) in [6, 6.07) is 18.7. The van der Waals surface area contributed by atoms with Gasteiger partial charge in [0.1, 0.15) is 11.6 Å². The lowest BCUT2D eigenvalue weighted by atomic mass is 9.93. The summed E-state index contributed by atoms with van der Waals surface area (Å²) in [4.78, 5) is 29.8. The molecule has 1 saturated heterocycles. The summed E-state index contributed by atoms with van der Waals surface area (Å²) in [5.41, 5.74) is 3.38. The predicted octanol–water partition coefficient (Wildman–Crippen LogP) is 6.03. The number of carbonyl (C=O) groups is 2. The molecule has 2 amide bonds. The summed E-state index contributed by atoms with van der Waals surface area (Å²) in [5.74, 6) is -0.894. The Morgan fingerprint density at radius 3 is 2.28 bits per heavy atom. The molecule has 8 heteroatoms. The molecule has 0 aromatic heterocycles. The van der Waals surface area contributed by atoms with Crippen LogP contribution in [0.5, 0.6) is 0 Å². The normalized spacial score (nSPS) is 19.9. The first-order chi connectivity index (χ1) is 18.9. The van der Waals surface area contributed by atoms with Gasteiger partial charge in [0, 0.05) is 24.7 Å². The number of likely N-dealkylation sites (tertiary alicyclic amines) is 1. The van der Waals surface area contributed by atoms with Gasteiger partial charge in [-0.2, -0.15) is 0 Å². The van der Waals surface area contributed by atoms with Crippen molar-refractivity contribution < 1.29 is 18.4 Å². The lowest BCUT2D eigenvalue weighted by Gasteiger charge is -2.37. The van der Waals surface area contributed by atoms with E-state index in [-0.39, 0.29) is 29.4 Å². The molecule has 1 atom stereocenters. The summed E-state index contributed by atoms with van der Waals surface area (Å²) in [6.45, 7) is 4.46. The first-order valence-electron chi connectivity index (χ1n) is 13.2. The van der Waals surface area contributed by atoms with Crippen LogP contribution in [0.1, 0.15) is 39.1 Å². The second-order valence-electron chi connectivity index (χ2n) is 10.1. The van der Waals surface area contributed by atoms with Gasteiger partial charge in [-0.15, -0.1) is 0 Å². The number of aryl methyl sites for hydroxylation is 1. The average molecular weight is 546 g/mol. The molecule has 6 rings (SSSR count). The Kier molecular flexibility index (Phi) is 6.91. The number of imide groups is 1. The third kappa shape index (κ3) is 4.72. The Labute approximate surface area is 229 Å². The van der Waals surface area contributed by atoms with Crippen LogP contribution in [0.15, 0.2) is 83.4 Å². The molecule has 0 spiro atoms. The highest BCUT2D eigenvalue weighted by Gasteiger charge is 2.36. The lowest BCUT2D eigenvalue weighted by molar-refractivity contribution is 0.0628. The first kappa shape index (κ1) is 25.6. The fourth-order valence-corrected chi connectivity index (χ4v) is 7.64. The Bertz CT molecular complexity index is 1530. The molecule has 200 valence electrons. The molecular weight excluding hydrogens is 516 g/mol. The fourth-order valence-electron chi connectivity index (χ4n) is 5.63. The molecule has 1 unspecified atom stereocenters. The monoisotopic (exact) mass is 545 g/mol. The standard InChI is InChI=1S/C31H29F2N3O2S/c1-21-10-11-23-24(20-21)31(38)35(30(23)37)18-17-34-15-12-22(13-16-34)27-14-19-39(29-9-5-3-7-26(29)33)36(27)28-8-4-2-6-25(28)32/h2-11,14,19-20,22H,12-13,15-18H2,1H3. The zero-order chi connectivity index (χ0) is 27.1. The van der Waals surface area contributed by atoms with Gasteiger partial charge < -0.3 is 4.90 Å². The van der Waals surface area contributed by atoms with Crippen molar-refractivity contribution in [2.75, 3.05) is 30.5 Å². The number of hydrogen-bond acceptors (Lipinski definition) is 4. The molecule has 3 heterocycles. The van der Waals surface area contributed by atoms with Gasteiger partial charge in [0.25, 0.3) is 11.8 Å². The smallest absolute Gasteiger partial charge is 0.261 e. The van der Waals surface area contributed by atoms with Gasteiger partial charge in [0.05, 0.1) is 21.7 Å². The first-order valence-corrected chi connectivity index (χ1v) is 14.4. The van der Waals surface area contributed by atoms with Gasteiger partial charge in [-0.3, -0.25) is 18.8 Å². The zero-order valence-electron chi connectivity index (χ0n) is 21.6. The van der Waals surface area contributed by atoms with Crippen molar-refractivity contribution in [1.82, 2.24) is 9.80 Å². The van der Waals surface area contributed by atoms with Gasteiger partial charge in [0.2, 0.25) is 0 Å². The maximum absolute atomic E-state index is 15.0. The number of amides is 2. The number of fused-ring (bicyclic) bond motifs is 1. The van der Waals surface area contributed by atoms with Crippen molar-refractivity contribution in [1.29, 1.82) is 0 Å². The summed E-state index contributed by atoms with van der Waals surface area (Å²) in [7, 11) is -0.771. The Morgan fingerprint density at radius 1 is 0.846 bits per heavy atom. The predicted molar refractivity (Wildman–Crippen MR) is 151 cm³/mol. The number of anilines is 1. The topological polar surface area (TPSA) is 43.9 Å². The number of carbonyl (C=O) groups excluding carboxylic acids is 2. The van der Waals surface area contributed by atoms with Crippen molar-refractivity contribution in [3.05, 3.63) is 107 Å². The van der Waals surface area contributed by atoms with E-state index in [1.807, 2.05) is 34.8 Å². The van der Waals surface area contributed by atoms with E-state index in [1.165, 1.54) is 17.0 Å². The van der Waals surface area contributed by atoms with Gasteiger partial charge in [0.15, 0.2) is 0 Å². The molecule has 0 bridgehead atoms. The van der Waals surface area contributed by atoms with Crippen LogP contribution in [0, 0.1) is 24.5 Å². The third-order valence-electron chi connectivity index (χ3n) is 7.70. The highest BCUT2D eigenvalue weighted by Crippen LogP contribution is 2.46. The maximum Gasteiger partial charge on any atom is 0.261 e. The molecule has 3 aliphatic heterocycles. The highest BCUT2D eigenvalue weighted by atomic mass is 32.2. The molecule has 0 aliphatic carbocycles. The van der Waals surface area contributed by atoms with E-state index in [9.17, 15) is 14.0 Å². The molecule has 0 radical (unpaired) electrons. The molecule has 3 aromatic carbocycles. The van der Waals surface area contributed by atoms with Crippen LogP contribution in [0.3, 0.4) is 0 Å². The van der Waals surface area contributed by atoms with E-state index in [2.05, 4.69) is 4.90 Å². The van der Waals surface area contributed by atoms with Crippen LogP contribution in [0.25, 0.3) is 0 Å². The molecule has 5 nitrogen and oxygen atoms in total. The third-order valence-corrected chi connectivity index (χ3v) is 9.68. The number of nitrogens with zero attached hydrogens (tertiary/aromatic N) is 3. The Balaban J connectivity index is 1.14. The zero-order valence-corrected chi connectivity index (χ0v) is 22.5. The number of benzene rings is 3. The van der Waals surface area contributed by atoms with E-state index in [0.717, 1.165) is 37.2 Å². The van der Waals surface area contributed by atoms with Crippen molar-refractivity contribution in [3.63, 3.8) is 0 Å². The lowest BCUT2D eigenvalue weighted by Crippen LogP contribution is -2.42. The summed E-state index contributed by atoms with van der Waals surface area (Å²) in [6.07, 6.45) is 3.73. The highest BCUT2D eigenvalue weighted by molar-refractivity contribution is 8.16. The average Bonchev–Trinajstić information content (AvgIpc) is 3.47. The van der Waals surface area contributed by atoms with Gasteiger partial charge in [-0.25, -0.2) is 8.78 Å². The number of halogens is 2. The summed E-state index contributed by atoms with van der Waals surface area (Å²) in [5, 5.41) is 1.98. The van der Waals surface area contributed by atoms with E-state index in [1.54, 1.807) is 42.5 Å². The van der Waals surface area contributed by atoms with Crippen molar-refractivity contribution >= 4 is 33.5 Å². The molecule has 39 heavy (non-hydrogen) atoms. The van der Waals surface area contributed by atoms with E-state index < -0.39 is 10.7 Å². The van der Waals surface area contributed by atoms with E-state index >= 15 is 4.39 Å². The minimum Gasteiger partial charge on any atom is -0.302 e. The van der Waals surface area contributed by atoms with Crippen molar-refractivity contribution in [2.24, 2.45) is 5.92 Å². The largest absolute Gasteiger partial charge is 0.302 e. The van der Waals surface area contributed by atoms with Crippen LogP contribution in [0.4, 0.5) is 14.5 Å². The van der Waals surface area contributed by atoms with E-state index in [0.29, 0.717) is 34.8 Å². The number of allylic oxidation sites excluding steroid dienone is 2. The minimum atomic E-state index is -0.771. The molecule has 1 fully saturated rings. The number of rotatable bonds is 6. The molecule has 0 saturated carbocycles. The quantitative estimate of drug-likeness (QED) is 0.280. The number of hydrogen-bond donors (Lipinski definition) is 0. The van der Waals surface area contributed by atoms with Crippen LogP contribution in [-0.2, 0) is 0 Å². The maximum atomic E-state index is 15.0. The molecule has 3 aromatic rings. The van der Waals surface area contributed by atoms with E-state index in [4.69, 9.17) is 0 Å². The second kappa shape index (κ2) is 10.5. The fraction of sp³-hybridized carbons (Fsp3) is 0.258. The van der Waals surface area contributed by atoms with Crippen LogP contribution in [-0.4, -0.2) is 53.2 Å². The minimum absolute atomic E-state index is 0.184. The molecule has 0 N–H and O–H groups in total. The van der Waals surface area contributed by atoms with Crippen LogP contribution < -0.4 is 4.31 Å². The number of piperidine rings is 1. The van der Waals surface area contributed by atoms with Crippen molar-refractivity contribution in [3.8, 4) is 0 Å². The SMILES string of the molecule is Cc1ccc2c(c1)C(=O)N(CCN1CCC(C3=CC=S(c4ccccc4F)N3c3ccccc3F)CC1)C2=O. The molecule has 3 aliphatic rings. The van der Waals surface area contributed by atoms with Crippen LogP contribution >= 0.6 is 10.7 Å². The van der Waals surface area contributed by atoms with Gasteiger partial charge in [-0.05, 0) is 80.7 Å². The number of para-hydroxylation sites is 1. The Hall–Kier alpha value is -3.62. The van der Waals surface area contributed by atoms with Crippen LogP contribution in [0.2, 0.25) is 0 Å². The molecular formula is C31H29F2N3O2S. The Morgan fingerprint density at radius 2 is 1.54 bits per heavy atom. The second-order valence-corrected chi connectivity index (χ2v) is 11.9. The van der Waals surface area contributed by atoms with Gasteiger partial charge in [-0.1, -0.05) is 46.6 Å². The summed E-state index contributed by atoms with van der Waals surface area (Å²) < 4.78 is 31.8. The summed E-state index contributed by atoms with van der Waals surface area (Å²) >= 11 is 0. The van der Waals surface area contributed by atoms with Crippen molar-refractivity contribution in [2.45, 2.75) is 24.7 Å².